The lowest BCUT2D eigenvalue weighted by Gasteiger charge is -2.29. The number of carboxylic acids is 2. The van der Waals surface area contributed by atoms with Crippen molar-refractivity contribution in [2.75, 3.05) is 32.8 Å². The number of amides is 8. The van der Waals surface area contributed by atoms with Crippen molar-refractivity contribution in [2.24, 2.45) is 56.4 Å². The minimum Gasteiger partial charge on any atom is -0.508 e. The molecule has 0 fully saturated rings. The Bertz CT molecular complexity index is 2100. The van der Waals surface area contributed by atoms with Crippen LogP contribution in [0, 0.1) is 17.8 Å². The summed E-state index contributed by atoms with van der Waals surface area (Å²) in [6, 6.07) is -4.42. The predicted octanol–water partition coefficient (Wildman–Crippen LogP) is -6.38. The summed E-state index contributed by atoms with van der Waals surface area (Å²) in [6.07, 6.45) is 0.137. The molecule has 0 spiro atoms. The quantitative estimate of drug-likeness (QED) is 0.0138. The van der Waals surface area contributed by atoms with Gasteiger partial charge in [-0.05, 0) is 62.1 Å². The summed E-state index contributed by atoms with van der Waals surface area (Å²) >= 11 is 0. The molecule has 0 aliphatic rings. The molecule has 0 bridgehead atoms. The van der Waals surface area contributed by atoms with Gasteiger partial charge in [0.1, 0.15) is 48.0 Å². The van der Waals surface area contributed by atoms with E-state index in [1.165, 1.54) is 45.0 Å². The van der Waals surface area contributed by atoms with Gasteiger partial charge < -0.3 is 91.6 Å². The fraction of sp³-hybridized carbons (Fsp3) is 0.581. The molecule has 72 heavy (non-hydrogen) atoms. The maximum atomic E-state index is 13.9. The standard InChI is InChI=1S/C43H71N15O14/c1-20(2)31(57-36(65)27(9-7-15-50-43(47)48)54-39(68)32(21(3)4)58-35(64)26(53-30(61)17-44)8-6-14-49-42(45)46)38(67)51-18-25(40(69)70)34(63)56-29(19-59)37(66)52-22(5)33(62)55-28(41(71)72)16-23-10-12-24(60)13-11-23/h10-13,20-22,25-29,31-32,59-60H,6-9,14-19,44H2,1-5H3,(H,51,67)(H,52,66)(H,53,61)(H,54,68)(H,55,62)(H,56,63)(H,57,65)(H,58,64)(H,69,70)(H,71,72)(H4,45,46,49)(H4,47,48,50)/t22-,25-,26-,27-,28-,29-,31-,32-/m0/s1. The SMILES string of the molecule is CC(C)[C@H](NC(=O)[C@H](CCCN=C(N)N)NC(=O)[C@@H](NC(=O)[C@H](CCCN=C(N)N)NC(=O)CN)C(C)C)C(=O)NC[C@H](C(=O)O)C(=O)N[C@@H](CO)C(=O)N[C@@H](C)C(=O)N[C@@H](Cc1ccc(O)cc1)C(=O)O. The number of guanidine groups is 2. The first-order valence-electron chi connectivity index (χ1n) is 22.8. The summed E-state index contributed by atoms with van der Waals surface area (Å²) in [5, 5.41) is 58.0. The molecule has 8 amide bonds. The van der Waals surface area contributed by atoms with Crippen LogP contribution >= 0.6 is 0 Å². The number of carboxylic acid groups (broad SMARTS) is 2. The summed E-state index contributed by atoms with van der Waals surface area (Å²) in [5.74, 6) is -14.6. The van der Waals surface area contributed by atoms with Gasteiger partial charge in [0, 0.05) is 26.1 Å². The molecule has 0 aromatic heterocycles. The molecule has 0 radical (unpaired) electrons. The average Bonchev–Trinajstić information content (AvgIpc) is 3.30. The summed E-state index contributed by atoms with van der Waals surface area (Å²) in [5.41, 5.74) is 27.5. The fourth-order valence-corrected chi connectivity index (χ4v) is 6.45. The van der Waals surface area contributed by atoms with Crippen LogP contribution in [-0.4, -0.2) is 167 Å². The Labute approximate surface area is 415 Å². The molecule has 22 N–H and O–H groups in total. The second kappa shape index (κ2) is 31.4. The molecular formula is C43H71N15O14. The van der Waals surface area contributed by atoms with Gasteiger partial charge in [-0.25, -0.2) is 4.79 Å². The molecular weight excluding hydrogens is 951 g/mol. The lowest BCUT2D eigenvalue weighted by atomic mass is 9.99. The third-order valence-electron chi connectivity index (χ3n) is 10.5. The number of carbonyl (C=O) groups is 10. The van der Waals surface area contributed by atoms with Gasteiger partial charge in [0.2, 0.25) is 47.3 Å². The summed E-state index contributed by atoms with van der Waals surface area (Å²) in [6.45, 7) is 5.18. The molecule has 1 rings (SSSR count). The van der Waals surface area contributed by atoms with Gasteiger partial charge in [0.15, 0.2) is 17.8 Å². The van der Waals surface area contributed by atoms with E-state index in [1.54, 1.807) is 13.8 Å². The van der Waals surface area contributed by atoms with Crippen LogP contribution in [0.15, 0.2) is 34.3 Å². The highest BCUT2D eigenvalue weighted by Gasteiger charge is 2.36. The molecule has 0 aliphatic carbocycles. The van der Waals surface area contributed by atoms with Gasteiger partial charge >= 0.3 is 11.9 Å². The first-order chi connectivity index (χ1) is 33.7. The van der Waals surface area contributed by atoms with E-state index in [9.17, 15) is 68.4 Å². The Kier molecular flexibility index (Phi) is 27.1. The molecule has 0 saturated carbocycles. The largest absolute Gasteiger partial charge is 0.508 e. The van der Waals surface area contributed by atoms with Crippen LogP contribution in [0.3, 0.4) is 0 Å². The number of phenols is 1. The van der Waals surface area contributed by atoms with Crippen LogP contribution in [-0.2, 0) is 54.4 Å². The number of nitrogens with one attached hydrogen (secondary N) is 8. The number of benzene rings is 1. The van der Waals surface area contributed by atoms with Crippen molar-refractivity contribution in [1.29, 1.82) is 0 Å². The predicted molar refractivity (Wildman–Crippen MR) is 258 cm³/mol. The topological polar surface area (TPSA) is 503 Å². The van der Waals surface area contributed by atoms with Gasteiger partial charge in [0.25, 0.3) is 0 Å². The average molecular weight is 1020 g/mol. The van der Waals surface area contributed by atoms with Gasteiger partial charge in [-0.3, -0.25) is 53.1 Å². The van der Waals surface area contributed by atoms with Crippen LogP contribution in [0.2, 0.25) is 0 Å². The van der Waals surface area contributed by atoms with Crippen LogP contribution in [0.4, 0.5) is 0 Å². The molecule has 1 aromatic carbocycles. The van der Waals surface area contributed by atoms with Crippen molar-refractivity contribution < 1.29 is 68.4 Å². The number of rotatable bonds is 32. The zero-order chi connectivity index (χ0) is 54.8. The molecule has 0 aliphatic heterocycles. The monoisotopic (exact) mass is 1020 g/mol. The second-order valence-electron chi connectivity index (χ2n) is 17.1. The smallest absolute Gasteiger partial charge is 0.326 e. The third kappa shape index (κ3) is 22.7. The Morgan fingerprint density at radius 3 is 1.46 bits per heavy atom. The Morgan fingerprint density at radius 2 is 1.01 bits per heavy atom. The Morgan fingerprint density at radius 1 is 0.556 bits per heavy atom. The van der Waals surface area contributed by atoms with Crippen molar-refractivity contribution in [2.45, 2.75) is 109 Å². The summed E-state index contributed by atoms with van der Waals surface area (Å²) < 4.78 is 0. The van der Waals surface area contributed by atoms with E-state index in [2.05, 4.69) is 47.2 Å². The highest BCUT2D eigenvalue weighted by atomic mass is 16.4. The van der Waals surface area contributed by atoms with Gasteiger partial charge in [-0.2, -0.15) is 0 Å². The van der Waals surface area contributed by atoms with Crippen molar-refractivity contribution in [3.8, 4) is 5.75 Å². The minimum absolute atomic E-state index is 0.0187. The van der Waals surface area contributed by atoms with Crippen molar-refractivity contribution >= 4 is 71.1 Å². The van der Waals surface area contributed by atoms with E-state index in [0.717, 1.165) is 0 Å². The number of aromatic hydroxyl groups is 1. The van der Waals surface area contributed by atoms with Crippen LogP contribution in [0.1, 0.15) is 65.9 Å². The second-order valence-corrected chi connectivity index (χ2v) is 17.1. The van der Waals surface area contributed by atoms with Crippen molar-refractivity contribution in [3.05, 3.63) is 29.8 Å². The van der Waals surface area contributed by atoms with E-state index in [-0.39, 0.29) is 62.9 Å². The molecule has 29 nitrogen and oxygen atoms in total. The summed E-state index contributed by atoms with van der Waals surface area (Å²) in [4.78, 5) is 138. The van der Waals surface area contributed by atoms with Gasteiger partial charge in [-0.1, -0.05) is 39.8 Å². The van der Waals surface area contributed by atoms with Crippen LogP contribution < -0.4 is 71.2 Å². The number of carbonyl (C=O) groups excluding carboxylic acids is 8. The first kappa shape index (κ1) is 62.2. The molecule has 1 aromatic rings. The van der Waals surface area contributed by atoms with Crippen LogP contribution in [0.5, 0.6) is 5.75 Å². The number of aliphatic carboxylic acids is 2. The molecule has 0 unspecified atom stereocenters. The van der Waals surface area contributed by atoms with E-state index in [0.29, 0.717) is 5.56 Å². The number of aliphatic hydroxyl groups excluding tert-OH is 1. The fourth-order valence-electron chi connectivity index (χ4n) is 6.45. The zero-order valence-corrected chi connectivity index (χ0v) is 40.8. The number of hydrogen-bond acceptors (Lipinski definition) is 15. The van der Waals surface area contributed by atoms with E-state index >= 15 is 0 Å². The maximum absolute atomic E-state index is 13.9. The van der Waals surface area contributed by atoms with E-state index in [4.69, 9.17) is 28.7 Å². The normalized spacial score (nSPS) is 14.2. The highest BCUT2D eigenvalue weighted by molar-refractivity contribution is 6.01. The number of hydrogen-bond donors (Lipinski definition) is 17. The van der Waals surface area contributed by atoms with Gasteiger partial charge in [-0.15, -0.1) is 0 Å². The van der Waals surface area contributed by atoms with Crippen molar-refractivity contribution in [1.82, 2.24) is 42.5 Å². The summed E-state index contributed by atoms with van der Waals surface area (Å²) in [7, 11) is 0. The van der Waals surface area contributed by atoms with Gasteiger partial charge in [0.05, 0.1) is 13.2 Å². The molecule has 0 heterocycles. The third-order valence-corrected chi connectivity index (χ3v) is 10.5. The zero-order valence-electron chi connectivity index (χ0n) is 40.8. The number of nitrogens with zero attached hydrogens (tertiary/aromatic N) is 2. The lowest BCUT2D eigenvalue weighted by molar-refractivity contribution is -0.148. The number of aliphatic imine (C=N–C) groups is 2. The molecule has 402 valence electrons. The number of nitrogens with two attached hydrogens (primary N) is 5. The molecule has 8 atom stereocenters. The van der Waals surface area contributed by atoms with E-state index in [1.807, 2.05) is 5.32 Å². The lowest BCUT2D eigenvalue weighted by Crippen LogP contribution is -2.60. The van der Waals surface area contributed by atoms with E-state index < -0.39 is 139 Å². The maximum Gasteiger partial charge on any atom is 0.326 e. The first-order valence-corrected chi connectivity index (χ1v) is 22.8. The minimum atomic E-state index is -2.08. The van der Waals surface area contributed by atoms with Crippen LogP contribution in [0.25, 0.3) is 0 Å². The number of phenolic OH excluding ortho intramolecular Hbond substituents is 1. The highest BCUT2D eigenvalue weighted by Crippen LogP contribution is 2.13. The number of aliphatic hydroxyl groups is 1. The van der Waals surface area contributed by atoms with Crippen molar-refractivity contribution in [3.63, 3.8) is 0 Å². The molecule has 0 saturated heterocycles. The Hall–Kier alpha value is -7.82. The molecule has 29 heteroatoms. The Balaban J connectivity index is 3.17.